The number of hydrogen-bond donors (Lipinski definition) is 2. The van der Waals surface area contributed by atoms with Crippen molar-refractivity contribution in [3.8, 4) is 11.3 Å². The summed E-state index contributed by atoms with van der Waals surface area (Å²) in [5, 5.41) is 6.36. The molecule has 0 unspecified atom stereocenters. The summed E-state index contributed by atoms with van der Waals surface area (Å²) < 4.78 is 1.83. The molecule has 0 amide bonds. The van der Waals surface area contributed by atoms with E-state index in [-0.39, 0.29) is 0 Å². The summed E-state index contributed by atoms with van der Waals surface area (Å²) >= 11 is 1.57. The average molecular weight is 219 g/mol. The highest BCUT2D eigenvalue weighted by atomic mass is 32.1. The highest BCUT2D eigenvalue weighted by Gasteiger charge is 2.10. The molecule has 5 nitrogen and oxygen atoms in total. The van der Waals surface area contributed by atoms with E-state index < -0.39 is 0 Å². The van der Waals surface area contributed by atoms with Crippen LogP contribution in [0.5, 0.6) is 0 Å². The molecule has 3 aromatic heterocycles. The molecule has 0 spiro atoms. The van der Waals surface area contributed by atoms with Gasteiger partial charge >= 0.3 is 0 Å². The Morgan fingerprint density at radius 1 is 1.53 bits per heavy atom. The van der Waals surface area contributed by atoms with Gasteiger partial charge in [0.15, 0.2) is 5.82 Å². The van der Waals surface area contributed by atoms with Gasteiger partial charge in [-0.05, 0) is 6.07 Å². The number of aromatic amines is 1. The van der Waals surface area contributed by atoms with E-state index in [9.17, 15) is 0 Å². The summed E-state index contributed by atoms with van der Waals surface area (Å²) in [7, 11) is 0. The van der Waals surface area contributed by atoms with Crippen LogP contribution in [0.2, 0.25) is 0 Å². The fourth-order valence-corrected chi connectivity index (χ4v) is 2.34. The minimum absolute atomic E-state index is 0.376. The number of thiazole rings is 1. The number of fused-ring (bicyclic) bond motifs is 1. The van der Waals surface area contributed by atoms with Gasteiger partial charge in [0.05, 0.1) is 12.2 Å². The molecule has 15 heavy (non-hydrogen) atoms. The van der Waals surface area contributed by atoms with Gasteiger partial charge in [-0.1, -0.05) is 0 Å². The predicted octanol–water partition coefficient (Wildman–Crippen LogP) is 1.24. The van der Waals surface area contributed by atoms with Crippen LogP contribution in [0.4, 0.5) is 0 Å². The van der Waals surface area contributed by atoms with E-state index in [1.165, 1.54) is 0 Å². The molecule has 0 aliphatic rings. The molecule has 0 saturated heterocycles. The lowest BCUT2D eigenvalue weighted by atomic mass is 10.3. The molecule has 3 heterocycles. The molecular weight excluding hydrogens is 210 g/mol. The predicted molar refractivity (Wildman–Crippen MR) is 58.5 cm³/mol. The highest BCUT2D eigenvalue weighted by Crippen LogP contribution is 2.24. The van der Waals surface area contributed by atoms with Crippen molar-refractivity contribution in [2.75, 3.05) is 0 Å². The van der Waals surface area contributed by atoms with Crippen molar-refractivity contribution in [1.82, 2.24) is 19.6 Å². The van der Waals surface area contributed by atoms with Gasteiger partial charge in [-0.2, -0.15) is 0 Å². The largest absolute Gasteiger partial charge is 0.367 e. The van der Waals surface area contributed by atoms with Crippen molar-refractivity contribution < 1.29 is 0 Å². The molecule has 0 aromatic carbocycles. The van der Waals surface area contributed by atoms with Crippen molar-refractivity contribution in [3.63, 3.8) is 0 Å². The second-order valence-electron chi connectivity index (χ2n) is 3.15. The summed E-state index contributed by atoms with van der Waals surface area (Å²) in [5.74, 6) is 0.679. The Labute approximate surface area is 89.6 Å². The number of nitrogens with one attached hydrogen (secondary N) is 1. The van der Waals surface area contributed by atoms with Crippen LogP contribution < -0.4 is 5.73 Å². The topological polar surface area (TPSA) is 72.0 Å². The monoisotopic (exact) mass is 219 g/mol. The Morgan fingerprint density at radius 2 is 2.47 bits per heavy atom. The first-order valence-electron chi connectivity index (χ1n) is 4.55. The zero-order valence-electron chi connectivity index (χ0n) is 7.84. The van der Waals surface area contributed by atoms with Crippen LogP contribution >= 0.6 is 11.3 Å². The third-order valence-electron chi connectivity index (χ3n) is 2.20. The molecule has 0 aliphatic heterocycles. The number of hydrogen-bond acceptors (Lipinski definition) is 4. The Morgan fingerprint density at radius 3 is 3.20 bits per heavy atom. The maximum atomic E-state index is 5.50. The van der Waals surface area contributed by atoms with Crippen LogP contribution in [-0.2, 0) is 6.54 Å². The Kier molecular flexibility index (Phi) is 1.83. The van der Waals surface area contributed by atoms with E-state index >= 15 is 0 Å². The number of nitrogens with two attached hydrogens (primary N) is 1. The molecule has 3 aromatic rings. The molecular formula is C9H9N5S. The Hall–Kier alpha value is -1.66. The highest BCUT2D eigenvalue weighted by molar-refractivity contribution is 7.15. The van der Waals surface area contributed by atoms with E-state index in [1.54, 1.807) is 11.3 Å². The zero-order chi connectivity index (χ0) is 10.3. The maximum Gasteiger partial charge on any atom is 0.212 e. The first-order valence-corrected chi connectivity index (χ1v) is 5.43. The van der Waals surface area contributed by atoms with E-state index in [1.807, 2.05) is 28.4 Å². The van der Waals surface area contributed by atoms with Gasteiger partial charge in [0.2, 0.25) is 4.96 Å². The van der Waals surface area contributed by atoms with E-state index in [0.717, 1.165) is 16.2 Å². The van der Waals surface area contributed by atoms with Gasteiger partial charge in [-0.15, -0.1) is 16.4 Å². The quantitative estimate of drug-likeness (QED) is 0.681. The number of nitrogens with zero attached hydrogens (tertiary/aromatic N) is 3. The smallest absolute Gasteiger partial charge is 0.212 e. The Bertz CT molecular complexity index is 577. The molecule has 0 bridgehead atoms. The lowest BCUT2D eigenvalue weighted by molar-refractivity contribution is 0.876. The summed E-state index contributed by atoms with van der Waals surface area (Å²) in [4.78, 5) is 8.20. The van der Waals surface area contributed by atoms with Gasteiger partial charge in [-0.3, -0.25) is 0 Å². The molecule has 3 N–H and O–H groups in total. The van der Waals surface area contributed by atoms with Crippen molar-refractivity contribution in [2.45, 2.75) is 6.54 Å². The summed E-state index contributed by atoms with van der Waals surface area (Å²) in [6.45, 7) is 0.376. The number of aromatic nitrogens is 4. The minimum Gasteiger partial charge on any atom is -0.367 e. The van der Waals surface area contributed by atoms with Crippen molar-refractivity contribution in [2.24, 2.45) is 5.73 Å². The van der Waals surface area contributed by atoms with Gasteiger partial charge in [-0.25, -0.2) is 9.50 Å². The minimum atomic E-state index is 0.376. The van der Waals surface area contributed by atoms with Crippen molar-refractivity contribution in [3.05, 3.63) is 29.7 Å². The van der Waals surface area contributed by atoms with Crippen LogP contribution in [0, 0.1) is 0 Å². The standard InChI is InChI=1S/C9H9N5S/c10-3-8-12-9-14(13-8)7(5-15-9)6-1-2-11-4-6/h1-2,4-5,11H,3,10H2. The first kappa shape index (κ1) is 8.63. The second kappa shape index (κ2) is 3.18. The van der Waals surface area contributed by atoms with Crippen LogP contribution in [0.15, 0.2) is 23.8 Å². The second-order valence-corrected chi connectivity index (χ2v) is 3.98. The van der Waals surface area contributed by atoms with Gasteiger partial charge in [0.25, 0.3) is 0 Å². The molecule has 0 radical (unpaired) electrons. The van der Waals surface area contributed by atoms with Crippen LogP contribution in [0.3, 0.4) is 0 Å². The first-order chi connectivity index (χ1) is 7.38. The van der Waals surface area contributed by atoms with Crippen LogP contribution in [-0.4, -0.2) is 19.6 Å². The molecule has 0 saturated carbocycles. The normalized spacial score (nSPS) is 11.3. The van der Waals surface area contributed by atoms with E-state index in [0.29, 0.717) is 12.4 Å². The number of H-pyrrole nitrogens is 1. The zero-order valence-corrected chi connectivity index (χ0v) is 8.66. The van der Waals surface area contributed by atoms with Gasteiger partial charge in [0, 0.05) is 23.3 Å². The summed E-state index contributed by atoms with van der Waals surface area (Å²) in [6.07, 6.45) is 3.82. The average Bonchev–Trinajstić information content (AvgIpc) is 2.92. The molecule has 0 fully saturated rings. The molecule has 76 valence electrons. The van der Waals surface area contributed by atoms with Crippen molar-refractivity contribution >= 4 is 16.3 Å². The summed E-state index contributed by atoms with van der Waals surface area (Å²) in [5.41, 5.74) is 7.65. The van der Waals surface area contributed by atoms with Crippen molar-refractivity contribution in [1.29, 1.82) is 0 Å². The molecule has 0 atom stereocenters. The van der Waals surface area contributed by atoms with E-state index in [2.05, 4.69) is 15.1 Å². The third-order valence-corrected chi connectivity index (χ3v) is 3.02. The Balaban J connectivity index is 2.23. The lowest BCUT2D eigenvalue weighted by Gasteiger charge is -1.91. The van der Waals surface area contributed by atoms with E-state index in [4.69, 9.17) is 5.73 Å². The molecule has 3 rings (SSSR count). The SMILES string of the molecule is NCc1nc2scc(-c3cc[nH]c3)n2n1. The number of rotatable bonds is 2. The van der Waals surface area contributed by atoms with Crippen LogP contribution in [0.1, 0.15) is 5.82 Å². The fourth-order valence-electron chi connectivity index (χ4n) is 1.49. The maximum absolute atomic E-state index is 5.50. The lowest BCUT2D eigenvalue weighted by Crippen LogP contribution is -1.99. The van der Waals surface area contributed by atoms with Gasteiger partial charge < -0.3 is 10.7 Å². The van der Waals surface area contributed by atoms with Crippen LogP contribution in [0.25, 0.3) is 16.2 Å². The molecule has 6 heteroatoms. The summed E-state index contributed by atoms with van der Waals surface area (Å²) in [6, 6.07) is 2.01. The molecule has 0 aliphatic carbocycles. The third kappa shape index (κ3) is 1.26. The fraction of sp³-hybridized carbons (Fsp3) is 0.111. The van der Waals surface area contributed by atoms with Gasteiger partial charge in [0.1, 0.15) is 0 Å².